The van der Waals surface area contributed by atoms with Crippen molar-refractivity contribution in [2.75, 3.05) is 43.0 Å². The van der Waals surface area contributed by atoms with Crippen LogP contribution in [0.4, 0.5) is 17.3 Å². The first-order valence-electron chi connectivity index (χ1n) is 11.1. The lowest BCUT2D eigenvalue weighted by molar-refractivity contribution is 0.0767. The van der Waals surface area contributed by atoms with Gasteiger partial charge in [0.1, 0.15) is 0 Å². The maximum Gasteiger partial charge on any atom is 0.256 e. The van der Waals surface area contributed by atoms with Crippen LogP contribution in [0.5, 0.6) is 0 Å². The summed E-state index contributed by atoms with van der Waals surface area (Å²) in [7, 11) is 2.01. The highest BCUT2D eigenvalue weighted by Gasteiger charge is 2.24. The van der Waals surface area contributed by atoms with Crippen LogP contribution in [0, 0.1) is 0 Å². The quantitative estimate of drug-likeness (QED) is 0.516. The molecular weight excluding hydrogens is 398 g/mol. The molecule has 1 saturated heterocycles. The Bertz CT molecular complexity index is 1190. The van der Waals surface area contributed by atoms with Gasteiger partial charge in [-0.05, 0) is 42.8 Å². The third kappa shape index (κ3) is 3.91. The molecule has 2 heterocycles. The van der Waals surface area contributed by atoms with Crippen LogP contribution in [0.15, 0.2) is 78.9 Å². The summed E-state index contributed by atoms with van der Waals surface area (Å²) in [6, 6.07) is 26.1. The van der Waals surface area contributed by atoms with E-state index in [0.29, 0.717) is 6.54 Å². The highest BCUT2D eigenvalue weighted by Crippen LogP contribution is 2.28. The zero-order valence-corrected chi connectivity index (χ0v) is 18.2. The second-order valence-corrected chi connectivity index (χ2v) is 8.12. The summed E-state index contributed by atoms with van der Waals surface area (Å²) in [6.07, 6.45) is 0.902. The number of amides is 1. The smallest absolute Gasteiger partial charge is 0.256 e. The number of para-hydroxylation sites is 4. The van der Waals surface area contributed by atoms with Gasteiger partial charge in [0.25, 0.3) is 5.91 Å². The van der Waals surface area contributed by atoms with Gasteiger partial charge in [-0.3, -0.25) is 4.79 Å². The van der Waals surface area contributed by atoms with E-state index >= 15 is 0 Å². The normalized spacial score (nSPS) is 14.4. The summed E-state index contributed by atoms with van der Waals surface area (Å²) in [6.45, 7) is 3.02. The van der Waals surface area contributed by atoms with Gasteiger partial charge in [0.05, 0.1) is 22.3 Å². The summed E-state index contributed by atoms with van der Waals surface area (Å²) in [5.74, 6) is 0.958. The minimum Gasteiger partial charge on any atom is -0.344 e. The molecule has 1 fully saturated rings. The van der Waals surface area contributed by atoms with Crippen molar-refractivity contribution in [3.63, 3.8) is 0 Å². The van der Waals surface area contributed by atoms with Gasteiger partial charge >= 0.3 is 0 Å². The van der Waals surface area contributed by atoms with Crippen molar-refractivity contribution in [3.05, 3.63) is 84.4 Å². The van der Waals surface area contributed by atoms with E-state index in [9.17, 15) is 4.79 Å². The molecule has 1 aliphatic rings. The van der Waals surface area contributed by atoms with Crippen molar-refractivity contribution < 1.29 is 4.79 Å². The molecule has 1 N–H and O–H groups in total. The molecule has 4 aromatic rings. The lowest BCUT2D eigenvalue weighted by Gasteiger charge is -2.26. The van der Waals surface area contributed by atoms with Crippen LogP contribution < -0.4 is 9.80 Å². The van der Waals surface area contributed by atoms with Crippen LogP contribution >= 0.6 is 0 Å². The van der Waals surface area contributed by atoms with Gasteiger partial charge in [-0.15, -0.1) is 0 Å². The molecule has 5 rings (SSSR count). The van der Waals surface area contributed by atoms with Crippen molar-refractivity contribution in [1.82, 2.24) is 14.9 Å². The Morgan fingerprint density at radius 3 is 2.47 bits per heavy atom. The summed E-state index contributed by atoms with van der Waals surface area (Å²) < 4.78 is 0. The molecule has 0 atom stereocenters. The van der Waals surface area contributed by atoms with E-state index in [4.69, 9.17) is 4.98 Å². The zero-order chi connectivity index (χ0) is 21.9. The Morgan fingerprint density at radius 1 is 0.875 bits per heavy atom. The highest BCUT2D eigenvalue weighted by molar-refractivity contribution is 6.00. The van der Waals surface area contributed by atoms with Crippen molar-refractivity contribution in [2.24, 2.45) is 0 Å². The molecule has 1 aliphatic heterocycles. The summed E-state index contributed by atoms with van der Waals surface area (Å²) in [5, 5.41) is 0. The number of hydrogen-bond acceptors (Lipinski definition) is 4. The van der Waals surface area contributed by atoms with E-state index < -0.39 is 0 Å². The van der Waals surface area contributed by atoms with Crippen molar-refractivity contribution in [3.8, 4) is 0 Å². The Balaban J connectivity index is 1.34. The van der Waals surface area contributed by atoms with Crippen LogP contribution in [0.3, 0.4) is 0 Å². The topological polar surface area (TPSA) is 55.5 Å². The number of aromatic nitrogens is 2. The average Bonchev–Trinajstić information content (AvgIpc) is 3.13. The molecule has 162 valence electrons. The van der Waals surface area contributed by atoms with Crippen LogP contribution in [0.2, 0.25) is 0 Å². The summed E-state index contributed by atoms with van der Waals surface area (Å²) in [4.78, 5) is 28.0. The molecule has 0 bridgehead atoms. The molecule has 3 aromatic carbocycles. The highest BCUT2D eigenvalue weighted by atomic mass is 16.2. The van der Waals surface area contributed by atoms with Gasteiger partial charge in [0.2, 0.25) is 5.95 Å². The van der Waals surface area contributed by atoms with E-state index in [1.165, 1.54) is 0 Å². The van der Waals surface area contributed by atoms with Crippen LogP contribution in [-0.4, -0.2) is 54.0 Å². The second kappa shape index (κ2) is 8.75. The largest absolute Gasteiger partial charge is 0.344 e. The first kappa shape index (κ1) is 20.1. The minimum atomic E-state index is 0.0786. The van der Waals surface area contributed by atoms with Crippen molar-refractivity contribution in [1.29, 1.82) is 0 Å². The molecule has 1 aromatic heterocycles. The van der Waals surface area contributed by atoms with Crippen LogP contribution in [-0.2, 0) is 0 Å². The summed E-state index contributed by atoms with van der Waals surface area (Å²) in [5.41, 5.74) is 4.72. The Kier molecular flexibility index (Phi) is 5.50. The minimum absolute atomic E-state index is 0.0786. The number of aromatic amines is 1. The molecule has 1 amide bonds. The third-order valence-corrected chi connectivity index (χ3v) is 6.10. The molecule has 6 nitrogen and oxygen atoms in total. The number of fused-ring (bicyclic) bond motifs is 1. The molecule has 6 heteroatoms. The lowest BCUT2D eigenvalue weighted by Crippen LogP contribution is -2.36. The number of benzene rings is 3. The average molecular weight is 426 g/mol. The molecule has 32 heavy (non-hydrogen) atoms. The van der Waals surface area contributed by atoms with Crippen LogP contribution in [0.25, 0.3) is 11.0 Å². The first-order chi connectivity index (χ1) is 15.7. The molecule has 0 radical (unpaired) electrons. The Morgan fingerprint density at radius 2 is 1.62 bits per heavy atom. The number of carbonyl (C=O) groups is 1. The second-order valence-electron chi connectivity index (χ2n) is 8.12. The van der Waals surface area contributed by atoms with E-state index in [1.54, 1.807) is 0 Å². The van der Waals surface area contributed by atoms with Gasteiger partial charge in [-0.2, -0.15) is 0 Å². The fourth-order valence-electron chi connectivity index (χ4n) is 4.33. The molecular formula is C26H27N5O. The number of nitrogens with one attached hydrogen (secondary N) is 1. The van der Waals surface area contributed by atoms with Crippen LogP contribution in [0.1, 0.15) is 16.8 Å². The van der Waals surface area contributed by atoms with Gasteiger partial charge in [-0.25, -0.2) is 4.98 Å². The Hall–Kier alpha value is -3.80. The zero-order valence-electron chi connectivity index (χ0n) is 18.2. The summed E-state index contributed by atoms with van der Waals surface area (Å²) >= 11 is 0. The predicted molar refractivity (Wildman–Crippen MR) is 130 cm³/mol. The molecule has 0 spiro atoms. The van der Waals surface area contributed by atoms with E-state index in [0.717, 1.165) is 60.0 Å². The van der Waals surface area contributed by atoms with E-state index in [2.05, 4.69) is 26.9 Å². The molecule has 0 saturated carbocycles. The number of carbonyl (C=O) groups excluding carboxylic acids is 1. The van der Waals surface area contributed by atoms with Gasteiger partial charge in [0, 0.05) is 38.9 Å². The monoisotopic (exact) mass is 425 g/mol. The van der Waals surface area contributed by atoms with Gasteiger partial charge in [-0.1, -0.05) is 42.5 Å². The maximum atomic E-state index is 13.6. The Labute approximate surface area is 188 Å². The van der Waals surface area contributed by atoms with Crippen molar-refractivity contribution in [2.45, 2.75) is 6.42 Å². The fourth-order valence-corrected chi connectivity index (χ4v) is 4.33. The van der Waals surface area contributed by atoms with Gasteiger partial charge < -0.3 is 19.7 Å². The number of rotatable bonds is 4. The number of anilines is 3. The van der Waals surface area contributed by atoms with E-state index in [-0.39, 0.29) is 5.91 Å². The number of hydrogen-bond donors (Lipinski definition) is 1. The lowest BCUT2D eigenvalue weighted by atomic mass is 10.1. The van der Waals surface area contributed by atoms with E-state index in [1.807, 2.05) is 78.7 Å². The predicted octanol–water partition coefficient (Wildman–Crippen LogP) is 4.68. The molecule has 0 aliphatic carbocycles. The first-order valence-corrected chi connectivity index (χ1v) is 11.1. The third-order valence-electron chi connectivity index (χ3n) is 6.10. The number of H-pyrrole nitrogens is 1. The van der Waals surface area contributed by atoms with Crippen molar-refractivity contribution >= 4 is 34.3 Å². The SMILES string of the molecule is CN(c1ccccc1)c1ccccc1C(=O)N1CCCN(c2nc3ccccc3[nH]2)CC1. The fraction of sp³-hybridized carbons (Fsp3) is 0.231. The maximum absolute atomic E-state index is 13.6. The molecule has 0 unspecified atom stereocenters. The number of imidazole rings is 1. The standard InChI is InChI=1S/C26H27N5O/c1-29(20-10-3-2-4-11-20)24-15-8-5-12-21(24)25(32)30-16-9-17-31(19-18-30)26-27-22-13-6-7-14-23(22)28-26/h2-8,10-15H,9,16-19H2,1H3,(H,27,28). The number of nitrogens with zero attached hydrogens (tertiary/aromatic N) is 4. The van der Waals surface area contributed by atoms with Gasteiger partial charge in [0.15, 0.2) is 0 Å².